The van der Waals surface area contributed by atoms with E-state index in [-0.39, 0.29) is 5.97 Å². The molecule has 0 saturated heterocycles. The Balaban J connectivity index is 3.14. The van der Waals surface area contributed by atoms with E-state index in [0.29, 0.717) is 125 Å². The first kappa shape index (κ1) is 48.3. The second kappa shape index (κ2) is 40.1. The number of ether oxygens (including phenoxy) is 9. The average molecular weight is 725 g/mol. The van der Waals surface area contributed by atoms with Gasteiger partial charge < -0.3 is 47.1 Å². The van der Waals surface area contributed by atoms with E-state index in [0.717, 1.165) is 12.8 Å². The van der Waals surface area contributed by atoms with Crippen LogP contribution >= 0.6 is 0 Å². The van der Waals surface area contributed by atoms with E-state index in [1.165, 1.54) is 70.6 Å². The van der Waals surface area contributed by atoms with Crippen LogP contribution in [0.15, 0.2) is 0 Å². The summed E-state index contributed by atoms with van der Waals surface area (Å²) in [5.41, 5.74) is 0. The van der Waals surface area contributed by atoms with Crippen LogP contribution in [0.4, 0.5) is 0 Å². The van der Waals surface area contributed by atoms with Crippen LogP contribution in [0.25, 0.3) is 0 Å². The predicted molar refractivity (Wildman–Crippen MR) is 197 cm³/mol. The van der Waals surface area contributed by atoms with Gasteiger partial charge in [0.25, 0.3) is 0 Å². The number of rotatable bonds is 42. The molecular formula is C37H76O11Si. The summed E-state index contributed by atoms with van der Waals surface area (Å²) < 4.78 is 54.8. The number of carbonyl (C=O) groups excluding carboxylic acids is 1. The van der Waals surface area contributed by atoms with Gasteiger partial charge in [0, 0.05) is 6.42 Å². The van der Waals surface area contributed by atoms with Gasteiger partial charge in [0.05, 0.1) is 112 Å². The van der Waals surface area contributed by atoms with E-state index in [4.69, 9.17) is 47.1 Å². The molecule has 0 spiro atoms. The number of hydrogen-bond donors (Lipinski definition) is 0. The quantitative estimate of drug-likeness (QED) is 0.0369. The lowest BCUT2D eigenvalue weighted by molar-refractivity contribution is -0.145. The van der Waals surface area contributed by atoms with Crippen LogP contribution in [0.5, 0.6) is 0 Å². The molecule has 0 bridgehead atoms. The topological polar surface area (TPSA) is 109 Å². The highest BCUT2D eigenvalue weighted by atomic mass is 28.4. The first-order valence-electron chi connectivity index (χ1n) is 19.4. The lowest BCUT2D eigenvalue weighted by Gasteiger charge is -2.16. The maximum absolute atomic E-state index is 11.9. The Bertz CT molecular complexity index is 652. The summed E-state index contributed by atoms with van der Waals surface area (Å²) in [4.78, 5) is 11.9. The summed E-state index contributed by atoms with van der Waals surface area (Å²) in [7, 11) is -1.45. The van der Waals surface area contributed by atoms with Gasteiger partial charge in [-0.25, -0.2) is 0 Å². The molecule has 0 saturated carbocycles. The van der Waals surface area contributed by atoms with Crippen molar-refractivity contribution in [3.63, 3.8) is 0 Å². The largest absolute Gasteiger partial charge is 0.463 e. The number of esters is 1. The normalized spacial score (nSPS) is 11.8. The zero-order valence-corrected chi connectivity index (χ0v) is 33.1. The molecule has 11 nitrogen and oxygen atoms in total. The summed E-state index contributed by atoms with van der Waals surface area (Å²) in [6.45, 7) is 17.9. The van der Waals surface area contributed by atoms with E-state index in [1.807, 2.05) is 0 Å². The van der Waals surface area contributed by atoms with Crippen LogP contribution in [0, 0.1) is 0 Å². The van der Waals surface area contributed by atoms with Crippen LogP contribution in [0.2, 0.25) is 19.6 Å². The van der Waals surface area contributed by atoms with Gasteiger partial charge in [0.15, 0.2) is 8.32 Å². The third kappa shape index (κ3) is 45.3. The fourth-order valence-electron chi connectivity index (χ4n) is 4.62. The van der Waals surface area contributed by atoms with Gasteiger partial charge in [-0.1, -0.05) is 84.0 Å². The third-order valence-electron chi connectivity index (χ3n) is 7.34. The molecule has 0 radical (unpaired) electrons. The van der Waals surface area contributed by atoms with Crippen LogP contribution in [-0.2, 0) is 51.9 Å². The van der Waals surface area contributed by atoms with Crippen molar-refractivity contribution in [2.45, 2.75) is 116 Å². The molecule has 0 fully saturated rings. The second-order valence-electron chi connectivity index (χ2n) is 13.1. The minimum absolute atomic E-state index is 0.128. The lowest BCUT2D eigenvalue weighted by atomic mass is 10.0. The number of hydrogen-bond acceptors (Lipinski definition) is 11. The van der Waals surface area contributed by atoms with Crippen molar-refractivity contribution < 1.29 is 51.9 Å². The Morgan fingerprint density at radius 1 is 0.367 bits per heavy atom. The van der Waals surface area contributed by atoms with Crippen molar-refractivity contribution >= 4 is 14.3 Å². The number of unbranched alkanes of at least 4 members (excludes halogenated alkanes) is 12. The SMILES string of the molecule is CCCCCCCCCCCCCCCC(=O)OCCOCCOCCOCCOCCOCCOCCOCCOCCO[Si](C)(C)C. The molecular weight excluding hydrogens is 648 g/mol. The van der Waals surface area contributed by atoms with Gasteiger partial charge in [-0.2, -0.15) is 0 Å². The molecule has 0 unspecified atom stereocenters. The monoisotopic (exact) mass is 725 g/mol. The second-order valence-corrected chi connectivity index (χ2v) is 17.6. The van der Waals surface area contributed by atoms with Crippen molar-refractivity contribution in [2.24, 2.45) is 0 Å². The molecule has 0 aliphatic rings. The summed E-state index contributed by atoms with van der Waals surface area (Å²) in [6.07, 6.45) is 17.4. The zero-order valence-electron chi connectivity index (χ0n) is 32.1. The minimum Gasteiger partial charge on any atom is -0.463 e. The summed E-state index contributed by atoms with van der Waals surface area (Å²) in [5.74, 6) is -0.128. The molecule has 0 N–H and O–H groups in total. The van der Waals surface area contributed by atoms with E-state index >= 15 is 0 Å². The van der Waals surface area contributed by atoms with Gasteiger partial charge in [0.1, 0.15) is 6.61 Å². The van der Waals surface area contributed by atoms with Crippen LogP contribution < -0.4 is 0 Å². The summed E-state index contributed by atoms with van der Waals surface area (Å²) in [6, 6.07) is 0. The zero-order chi connectivity index (χ0) is 35.8. The highest BCUT2D eigenvalue weighted by Crippen LogP contribution is 2.13. The summed E-state index contributed by atoms with van der Waals surface area (Å²) >= 11 is 0. The Labute approximate surface area is 301 Å². The molecule has 0 amide bonds. The van der Waals surface area contributed by atoms with Crippen molar-refractivity contribution in [3.8, 4) is 0 Å². The van der Waals surface area contributed by atoms with E-state index in [1.54, 1.807) is 0 Å². The van der Waals surface area contributed by atoms with Crippen LogP contribution in [-0.4, -0.2) is 133 Å². The Morgan fingerprint density at radius 2 is 0.633 bits per heavy atom. The van der Waals surface area contributed by atoms with E-state index < -0.39 is 8.32 Å². The van der Waals surface area contributed by atoms with Gasteiger partial charge in [-0.05, 0) is 26.1 Å². The molecule has 0 aromatic carbocycles. The van der Waals surface area contributed by atoms with Gasteiger partial charge in [-0.15, -0.1) is 0 Å². The van der Waals surface area contributed by atoms with Crippen LogP contribution in [0.3, 0.4) is 0 Å². The number of carbonyl (C=O) groups is 1. The van der Waals surface area contributed by atoms with E-state index in [9.17, 15) is 4.79 Å². The Kier molecular flexibility index (Phi) is 39.6. The van der Waals surface area contributed by atoms with Crippen molar-refractivity contribution in [2.75, 3.05) is 119 Å². The predicted octanol–water partition coefficient (Wildman–Crippen LogP) is 7.00. The van der Waals surface area contributed by atoms with Gasteiger partial charge in [-0.3, -0.25) is 4.79 Å². The van der Waals surface area contributed by atoms with Crippen molar-refractivity contribution in [3.05, 3.63) is 0 Å². The van der Waals surface area contributed by atoms with Gasteiger partial charge >= 0.3 is 5.97 Å². The average Bonchev–Trinajstić information content (AvgIpc) is 3.07. The van der Waals surface area contributed by atoms with E-state index in [2.05, 4.69) is 26.6 Å². The highest BCUT2D eigenvalue weighted by Gasteiger charge is 2.13. The van der Waals surface area contributed by atoms with Crippen molar-refractivity contribution in [1.82, 2.24) is 0 Å². The molecule has 294 valence electrons. The molecule has 0 rings (SSSR count). The standard InChI is InChI=1S/C37H76O11Si/c1-5-6-7-8-9-10-11-12-13-14-15-16-17-18-37(38)47-35-33-45-31-29-43-27-25-41-23-21-39-19-20-40-22-24-42-26-28-44-30-32-46-34-36-48-49(2,3)4/h5-36H2,1-4H3. The summed E-state index contributed by atoms with van der Waals surface area (Å²) in [5, 5.41) is 0. The molecule has 0 aromatic heterocycles. The molecule has 12 heteroatoms. The van der Waals surface area contributed by atoms with Crippen LogP contribution in [0.1, 0.15) is 96.8 Å². The molecule has 0 aliphatic carbocycles. The molecule has 49 heavy (non-hydrogen) atoms. The Morgan fingerprint density at radius 3 is 0.939 bits per heavy atom. The fraction of sp³-hybridized carbons (Fsp3) is 0.973. The maximum Gasteiger partial charge on any atom is 0.305 e. The fourth-order valence-corrected chi connectivity index (χ4v) is 5.32. The lowest BCUT2D eigenvalue weighted by Crippen LogP contribution is -2.27. The highest BCUT2D eigenvalue weighted by molar-refractivity contribution is 6.69. The third-order valence-corrected chi connectivity index (χ3v) is 8.41. The first-order chi connectivity index (χ1) is 24.0. The van der Waals surface area contributed by atoms with Gasteiger partial charge in [0.2, 0.25) is 0 Å². The smallest absolute Gasteiger partial charge is 0.305 e. The maximum atomic E-state index is 11.9. The molecule has 0 aromatic rings. The molecule has 0 aliphatic heterocycles. The first-order valence-corrected chi connectivity index (χ1v) is 22.8. The molecule has 0 atom stereocenters. The van der Waals surface area contributed by atoms with Crippen molar-refractivity contribution in [1.29, 1.82) is 0 Å². The minimum atomic E-state index is -1.45. The molecule has 0 heterocycles. The Hall–Kier alpha value is -0.673.